The van der Waals surface area contributed by atoms with E-state index in [0.717, 1.165) is 6.07 Å². The molecular weight excluding hydrogens is 337 g/mol. The zero-order chi connectivity index (χ0) is 16.4. The largest absolute Gasteiger partial charge is 0.377 e. The van der Waals surface area contributed by atoms with E-state index in [-0.39, 0.29) is 22.0 Å². The maximum absolute atomic E-state index is 12.1. The highest BCUT2D eigenvalue weighted by Crippen LogP contribution is 2.29. The number of rotatable bonds is 5. The van der Waals surface area contributed by atoms with Crippen molar-refractivity contribution in [2.45, 2.75) is 31.3 Å². The van der Waals surface area contributed by atoms with Crippen molar-refractivity contribution in [1.29, 1.82) is 0 Å². The number of carbonyl (C=O) groups excluding carboxylic acids is 1. The van der Waals surface area contributed by atoms with Crippen LogP contribution in [0.3, 0.4) is 0 Å². The molecule has 0 bridgehead atoms. The van der Waals surface area contributed by atoms with E-state index in [0.29, 0.717) is 5.56 Å². The predicted molar refractivity (Wildman–Crippen MR) is 82.6 cm³/mol. The van der Waals surface area contributed by atoms with Crippen LogP contribution in [0.5, 0.6) is 0 Å². The van der Waals surface area contributed by atoms with Crippen LogP contribution in [0.15, 0.2) is 17.0 Å². The average molecular weight is 354 g/mol. The van der Waals surface area contributed by atoms with Crippen LogP contribution in [0.2, 0.25) is 5.02 Å². The van der Waals surface area contributed by atoms with E-state index in [9.17, 15) is 13.2 Å². The maximum atomic E-state index is 12.1. The molecule has 8 heteroatoms. The number of benzene rings is 1. The van der Waals surface area contributed by atoms with Crippen LogP contribution in [0.4, 0.5) is 0 Å². The lowest BCUT2D eigenvalue weighted by molar-refractivity contribution is 0.0228. The second-order valence-corrected chi connectivity index (χ2v) is 8.10. The molecule has 1 N–H and O–H groups in total. The highest BCUT2D eigenvalue weighted by atomic mass is 35.7. The summed E-state index contributed by atoms with van der Waals surface area (Å²) in [4.78, 5) is 11.8. The molecule has 1 aromatic carbocycles. The molecule has 0 saturated carbocycles. The Kier molecular flexibility index (Phi) is 5.66. The molecule has 21 heavy (non-hydrogen) atoms. The molecule has 5 nitrogen and oxygen atoms in total. The van der Waals surface area contributed by atoms with Gasteiger partial charge in [0, 0.05) is 29.9 Å². The lowest BCUT2D eigenvalue weighted by atomic mass is 10.1. The van der Waals surface area contributed by atoms with Gasteiger partial charge in [0.1, 0.15) is 4.90 Å². The quantitative estimate of drug-likeness (QED) is 0.826. The predicted octanol–water partition coefficient (Wildman–Crippen LogP) is 2.73. The van der Waals surface area contributed by atoms with E-state index in [2.05, 4.69) is 5.32 Å². The van der Waals surface area contributed by atoms with Crippen LogP contribution >= 0.6 is 22.3 Å². The zero-order valence-corrected chi connectivity index (χ0v) is 14.5. The maximum Gasteiger partial charge on any atom is 0.262 e. The third kappa shape index (κ3) is 4.85. The first kappa shape index (κ1) is 18.2. The molecule has 0 aliphatic heterocycles. The molecule has 1 aromatic rings. The van der Waals surface area contributed by atoms with Crippen molar-refractivity contribution >= 4 is 37.2 Å². The number of hydrogen-bond acceptors (Lipinski definition) is 4. The van der Waals surface area contributed by atoms with Gasteiger partial charge in [0.05, 0.1) is 10.6 Å². The van der Waals surface area contributed by atoms with Crippen LogP contribution in [-0.4, -0.2) is 33.6 Å². The van der Waals surface area contributed by atoms with Gasteiger partial charge in [-0.3, -0.25) is 4.79 Å². The summed E-state index contributed by atoms with van der Waals surface area (Å²) in [7, 11) is 2.83. The molecule has 0 saturated heterocycles. The minimum absolute atomic E-state index is 0.0128. The summed E-state index contributed by atoms with van der Waals surface area (Å²) in [6.45, 7) is 5.50. The first-order chi connectivity index (χ1) is 9.48. The normalized spacial score (nSPS) is 12.3. The number of ether oxygens (including phenoxy) is 1. The number of carbonyl (C=O) groups is 1. The Balaban J connectivity index is 3.10. The van der Waals surface area contributed by atoms with Crippen molar-refractivity contribution in [3.05, 3.63) is 28.3 Å². The topological polar surface area (TPSA) is 72.5 Å². The number of halogens is 2. The Bertz CT molecular complexity index is 656. The minimum Gasteiger partial charge on any atom is -0.377 e. The first-order valence-corrected chi connectivity index (χ1v) is 8.75. The number of amides is 1. The van der Waals surface area contributed by atoms with Crippen molar-refractivity contribution < 1.29 is 17.9 Å². The Hall–Kier alpha value is -0.820. The molecule has 118 valence electrons. The molecular formula is C13H17Cl2NO4S. The summed E-state index contributed by atoms with van der Waals surface area (Å²) in [5.41, 5.74) is 0.0935. The lowest BCUT2D eigenvalue weighted by Crippen LogP contribution is -2.39. The molecule has 0 unspecified atom stereocenters. The fraction of sp³-hybridized carbons (Fsp3) is 0.462. The Morgan fingerprint density at radius 2 is 1.95 bits per heavy atom. The second kappa shape index (κ2) is 6.52. The van der Waals surface area contributed by atoms with Crippen molar-refractivity contribution in [1.82, 2.24) is 5.32 Å². The van der Waals surface area contributed by atoms with Gasteiger partial charge in [-0.05, 0) is 38.5 Å². The SMILES string of the molecule is COC(C)(C)CNC(=O)c1cc(C)c(Cl)c(S(=O)(=O)Cl)c1. The van der Waals surface area contributed by atoms with E-state index in [1.807, 2.05) is 13.8 Å². The molecule has 0 aliphatic rings. The molecule has 1 rings (SSSR count). The molecule has 0 atom stereocenters. The highest BCUT2D eigenvalue weighted by Gasteiger charge is 2.22. The molecule has 1 amide bonds. The van der Waals surface area contributed by atoms with E-state index < -0.39 is 20.6 Å². The zero-order valence-electron chi connectivity index (χ0n) is 12.2. The van der Waals surface area contributed by atoms with Gasteiger partial charge in [-0.25, -0.2) is 8.42 Å². The third-order valence-electron chi connectivity index (χ3n) is 2.97. The van der Waals surface area contributed by atoms with Gasteiger partial charge in [0.15, 0.2) is 0 Å². The fourth-order valence-corrected chi connectivity index (χ4v) is 3.05. The average Bonchev–Trinajstić information content (AvgIpc) is 2.37. The van der Waals surface area contributed by atoms with Gasteiger partial charge in [-0.2, -0.15) is 0 Å². The number of hydrogen-bond donors (Lipinski definition) is 1. The van der Waals surface area contributed by atoms with Crippen molar-refractivity contribution in [2.24, 2.45) is 0 Å². The third-order valence-corrected chi connectivity index (χ3v) is 4.93. The van der Waals surface area contributed by atoms with Crippen molar-refractivity contribution in [3.63, 3.8) is 0 Å². The highest BCUT2D eigenvalue weighted by molar-refractivity contribution is 8.13. The molecule has 0 heterocycles. The van der Waals surface area contributed by atoms with Gasteiger partial charge in [-0.15, -0.1) is 0 Å². The molecule has 0 fully saturated rings. The molecule has 0 aliphatic carbocycles. The molecule has 0 spiro atoms. The van der Waals surface area contributed by atoms with Gasteiger partial charge < -0.3 is 10.1 Å². The molecule has 0 aromatic heterocycles. The summed E-state index contributed by atoms with van der Waals surface area (Å²) < 4.78 is 28.1. The standard InChI is InChI=1S/C13H17Cl2NO4S/c1-8-5-9(6-10(11(8)14)21(15,18)19)12(17)16-7-13(2,3)20-4/h5-6H,7H2,1-4H3,(H,16,17). The van der Waals surface area contributed by atoms with E-state index >= 15 is 0 Å². The Morgan fingerprint density at radius 1 is 1.38 bits per heavy atom. The number of aryl methyl sites for hydroxylation is 1. The number of nitrogens with one attached hydrogen (secondary N) is 1. The smallest absolute Gasteiger partial charge is 0.262 e. The van der Waals surface area contributed by atoms with E-state index in [1.165, 1.54) is 13.2 Å². The van der Waals surface area contributed by atoms with Crippen LogP contribution in [0, 0.1) is 6.92 Å². The van der Waals surface area contributed by atoms with Crippen LogP contribution < -0.4 is 5.32 Å². The van der Waals surface area contributed by atoms with Gasteiger partial charge >= 0.3 is 0 Å². The van der Waals surface area contributed by atoms with Crippen LogP contribution in [-0.2, 0) is 13.8 Å². The van der Waals surface area contributed by atoms with Gasteiger partial charge in [0.25, 0.3) is 15.0 Å². The Morgan fingerprint density at radius 3 is 2.43 bits per heavy atom. The van der Waals surface area contributed by atoms with E-state index in [4.69, 9.17) is 27.0 Å². The summed E-state index contributed by atoms with van der Waals surface area (Å²) in [6, 6.07) is 2.66. The minimum atomic E-state index is -4.02. The first-order valence-electron chi connectivity index (χ1n) is 6.06. The Labute approximate surface area is 134 Å². The fourth-order valence-electron chi connectivity index (χ4n) is 1.51. The van der Waals surface area contributed by atoms with Crippen LogP contribution in [0.1, 0.15) is 29.8 Å². The summed E-state index contributed by atoms with van der Waals surface area (Å²) in [5.74, 6) is -0.429. The van der Waals surface area contributed by atoms with Crippen LogP contribution in [0.25, 0.3) is 0 Å². The van der Waals surface area contributed by atoms with Gasteiger partial charge in [0.2, 0.25) is 0 Å². The van der Waals surface area contributed by atoms with Crippen molar-refractivity contribution in [3.8, 4) is 0 Å². The summed E-state index contributed by atoms with van der Waals surface area (Å²) in [5, 5.41) is 2.68. The lowest BCUT2D eigenvalue weighted by Gasteiger charge is -2.23. The van der Waals surface area contributed by atoms with Crippen molar-refractivity contribution in [2.75, 3.05) is 13.7 Å². The number of methoxy groups -OCH3 is 1. The molecule has 0 radical (unpaired) electrons. The summed E-state index contributed by atoms with van der Waals surface area (Å²) in [6.07, 6.45) is 0. The van der Waals surface area contributed by atoms with E-state index in [1.54, 1.807) is 6.92 Å². The summed E-state index contributed by atoms with van der Waals surface area (Å²) >= 11 is 5.91. The monoisotopic (exact) mass is 353 g/mol. The van der Waals surface area contributed by atoms with Gasteiger partial charge in [-0.1, -0.05) is 11.6 Å². The second-order valence-electron chi connectivity index (χ2n) is 5.19.